The maximum absolute atomic E-state index is 12.5. The average Bonchev–Trinajstić information content (AvgIpc) is 3.05. The molecule has 2 aromatic rings. The number of nitrogens with zero attached hydrogens (tertiary/aromatic N) is 4. The van der Waals surface area contributed by atoms with E-state index in [4.69, 9.17) is 0 Å². The topological polar surface area (TPSA) is 49.3 Å². The van der Waals surface area contributed by atoms with Crippen molar-refractivity contribution in [3.05, 3.63) is 45.7 Å². The summed E-state index contributed by atoms with van der Waals surface area (Å²) in [5.41, 5.74) is 2.02. The van der Waals surface area contributed by atoms with Crippen LogP contribution in [-0.2, 0) is 17.9 Å². The first-order chi connectivity index (χ1) is 13.0. The van der Waals surface area contributed by atoms with Gasteiger partial charge >= 0.3 is 0 Å². The van der Waals surface area contributed by atoms with E-state index in [1.54, 1.807) is 12.4 Å². The van der Waals surface area contributed by atoms with Crippen LogP contribution >= 0.6 is 11.3 Å². The Morgan fingerprint density at radius 1 is 1.11 bits per heavy atom. The summed E-state index contributed by atoms with van der Waals surface area (Å²) in [5, 5.41) is 0. The van der Waals surface area contributed by atoms with Crippen LogP contribution in [0.4, 0.5) is 0 Å². The van der Waals surface area contributed by atoms with E-state index in [0.717, 1.165) is 44.0 Å². The van der Waals surface area contributed by atoms with E-state index in [2.05, 4.69) is 33.9 Å². The second-order valence-electron chi connectivity index (χ2n) is 8.23. The third-order valence-electron chi connectivity index (χ3n) is 5.85. The smallest absolute Gasteiger partial charge is 0.222 e. The van der Waals surface area contributed by atoms with Crippen LogP contribution < -0.4 is 0 Å². The van der Waals surface area contributed by atoms with Gasteiger partial charge in [-0.15, -0.1) is 11.3 Å². The third kappa shape index (κ3) is 4.38. The summed E-state index contributed by atoms with van der Waals surface area (Å²) in [6, 6.07) is 4.47. The highest BCUT2D eigenvalue weighted by molar-refractivity contribution is 7.11. The lowest BCUT2D eigenvalue weighted by molar-refractivity contribution is -0.140. The first kappa shape index (κ1) is 18.6. The van der Waals surface area contributed by atoms with Crippen molar-refractivity contribution in [2.45, 2.75) is 52.6 Å². The molecule has 0 bridgehead atoms. The molecule has 2 aromatic heterocycles. The van der Waals surface area contributed by atoms with Gasteiger partial charge in [-0.05, 0) is 51.8 Å². The predicted octanol–water partition coefficient (Wildman–Crippen LogP) is 3.56. The number of hydrogen-bond donors (Lipinski definition) is 0. The van der Waals surface area contributed by atoms with Gasteiger partial charge in [-0.3, -0.25) is 19.7 Å². The Hall–Kier alpha value is -1.79. The van der Waals surface area contributed by atoms with Crippen molar-refractivity contribution >= 4 is 17.2 Å². The minimum Gasteiger partial charge on any atom is -0.336 e. The van der Waals surface area contributed by atoms with Gasteiger partial charge < -0.3 is 4.90 Å². The summed E-state index contributed by atoms with van der Waals surface area (Å²) < 4.78 is 0. The van der Waals surface area contributed by atoms with Crippen molar-refractivity contribution in [3.8, 4) is 0 Å². The fraction of sp³-hybridized carbons (Fsp3) is 0.571. The van der Waals surface area contributed by atoms with Crippen molar-refractivity contribution in [2.75, 3.05) is 19.6 Å². The Bertz CT molecular complexity index is 803. The van der Waals surface area contributed by atoms with Crippen LogP contribution in [0.5, 0.6) is 0 Å². The van der Waals surface area contributed by atoms with Gasteiger partial charge in [0.2, 0.25) is 5.91 Å². The van der Waals surface area contributed by atoms with Gasteiger partial charge in [0.1, 0.15) is 0 Å². The third-order valence-corrected chi connectivity index (χ3v) is 6.84. The molecule has 27 heavy (non-hydrogen) atoms. The summed E-state index contributed by atoms with van der Waals surface area (Å²) in [7, 11) is 0. The molecule has 6 heteroatoms. The van der Waals surface area contributed by atoms with Crippen LogP contribution in [0.15, 0.2) is 24.5 Å². The Kier molecular flexibility index (Phi) is 5.28. The first-order valence-corrected chi connectivity index (χ1v) is 10.7. The molecule has 2 aliphatic heterocycles. The zero-order chi connectivity index (χ0) is 18.9. The van der Waals surface area contributed by atoms with E-state index in [-0.39, 0.29) is 11.3 Å². The maximum Gasteiger partial charge on any atom is 0.222 e. The largest absolute Gasteiger partial charge is 0.336 e. The van der Waals surface area contributed by atoms with E-state index < -0.39 is 0 Å². The van der Waals surface area contributed by atoms with Gasteiger partial charge in [0.25, 0.3) is 0 Å². The zero-order valence-corrected chi connectivity index (χ0v) is 17.1. The number of hydrogen-bond acceptors (Lipinski definition) is 5. The molecular weight excluding hydrogens is 356 g/mol. The van der Waals surface area contributed by atoms with Gasteiger partial charge in [-0.1, -0.05) is 0 Å². The number of carbonyl (C=O) groups excluding carboxylic acids is 1. The number of thiophene rings is 1. The molecule has 0 aromatic carbocycles. The standard InChI is InChI=1S/C21H28N4OS/c1-16-10-23-18(11-22-16)12-25-15-21(8-6-20(25)26)7-3-9-24(14-21)13-19-5-4-17(2)27-19/h4-5,10-11H,3,6-9,12-15H2,1-2H3/t21-/m1/s1. The monoisotopic (exact) mass is 384 g/mol. The number of aromatic nitrogens is 2. The zero-order valence-electron chi connectivity index (χ0n) is 16.3. The molecule has 0 saturated carbocycles. The molecule has 0 aliphatic carbocycles. The second-order valence-corrected chi connectivity index (χ2v) is 9.60. The molecule has 2 saturated heterocycles. The van der Waals surface area contributed by atoms with E-state index in [1.807, 2.05) is 23.2 Å². The van der Waals surface area contributed by atoms with Crippen molar-refractivity contribution in [3.63, 3.8) is 0 Å². The molecule has 1 atom stereocenters. The molecule has 5 nitrogen and oxygen atoms in total. The number of rotatable bonds is 4. The summed E-state index contributed by atoms with van der Waals surface area (Å²) in [5.74, 6) is 0.258. The molecule has 1 amide bonds. The summed E-state index contributed by atoms with van der Waals surface area (Å²) in [6.07, 6.45) is 7.70. The Morgan fingerprint density at radius 3 is 2.74 bits per heavy atom. The van der Waals surface area contributed by atoms with Crippen LogP contribution in [0, 0.1) is 19.3 Å². The number of aryl methyl sites for hydroxylation is 2. The minimum absolute atomic E-state index is 0.233. The van der Waals surface area contributed by atoms with Gasteiger partial charge in [0, 0.05) is 47.4 Å². The number of piperidine rings is 2. The Labute approximate surface area is 165 Å². The van der Waals surface area contributed by atoms with Crippen LogP contribution in [0.25, 0.3) is 0 Å². The first-order valence-electron chi connectivity index (χ1n) is 9.84. The molecule has 4 rings (SSSR count). The fourth-order valence-electron chi connectivity index (χ4n) is 4.51. The van der Waals surface area contributed by atoms with Gasteiger partial charge in [-0.25, -0.2) is 0 Å². The van der Waals surface area contributed by atoms with Gasteiger partial charge in [-0.2, -0.15) is 0 Å². The molecule has 2 fully saturated rings. The molecular formula is C21H28N4OS. The Morgan fingerprint density at radius 2 is 2.00 bits per heavy atom. The van der Waals surface area contributed by atoms with Crippen LogP contribution in [-0.4, -0.2) is 45.3 Å². The molecule has 2 aliphatic rings. The van der Waals surface area contributed by atoms with E-state index in [9.17, 15) is 4.79 Å². The highest BCUT2D eigenvalue weighted by Gasteiger charge is 2.41. The van der Waals surface area contributed by atoms with Crippen LogP contribution in [0.3, 0.4) is 0 Å². The van der Waals surface area contributed by atoms with E-state index >= 15 is 0 Å². The van der Waals surface area contributed by atoms with Gasteiger partial charge in [0.15, 0.2) is 0 Å². The van der Waals surface area contributed by atoms with E-state index in [1.165, 1.54) is 22.6 Å². The number of carbonyl (C=O) groups is 1. The van der Waals surface area contributed by atoms with Crippen molar-refractivity contribution in [1.29, 1.82) is 0 Å². The van der Waals surface area contributed by atoms with Crippen LogP contribution in [0.2, 0.25) is 0 Å². The highest BCUT2D eigenvalue weighted by atomic mass is 32.1. The Balaban J connectivity index is 1.43. The molecule has 144 valence electrons. The normalized spacial score (nSPS) is 23.9. The predicted molar refractivity (Wildman–Crippen MR) is 107 cm³/mol. The van der Waals surface area contributed by atoms with Crippen LogP contribution in [0.1, 0.15) is 46.8 Å². The molecule has 4 heterocycles. The molecule has 1 spiro atoms. The lowest BCUT2D eigenvalue weighted by Gasteiger charge is -2.48. The highest BCUT2D eigenvalue weighted by Crippen LogP contribution is 2.39. The van der Waals surface area contributed by atoms with Gasteiger partial charge in [0.05, 0.1) is 24.1 Å². The van der Waals surface area contributed by atoms with E-state index in [0.29, 0.717) is 13.0 Å². The number of amides is 1. The fourth-order valence-corrected chi connectivity index (χ4v) is 5.44. The molecule has 0 radical (unpaired) electrons. The SMILES string of the molecule is Cc1cnc(CN2C[C@]3(CCCN(Cc4ccc(C)s4)C3)CCC2=O)cn1. The average molecular weight is 385 g/mol. The number of likely N-dealkylation sites (tertiary alicyclic amines) is 2. The van der Waals surface area contributed by atoms with Crippen molar-refractivity contribution in [2.24, 2.45) is 5.41 Å². The maximum atomic E-state index is 12.5. The molecule has 0 N–H and O–H groups in total. The van der Waals surface area contributed by atoms with Crippen molar-refractivity contribution in [1.82, 2.24) is 19.8 Å². The molecule has 0 unspecified atom stereocenters. The lowest BCUT2D eigenvalue weighted by Crippen LogP contribution is -2.53. The van der Waals surface area contributed by atoms with Crippen molar-refractivity contribution < 1.29 is 4.79 Å². The second kappa shape index (κ2) is 7.68. The summed E-state index contributed by atoms with van der Waals surface area (Å²) in [6.45, 7) is 8.83. The summed E-state index contributed by atoms with van der Waals surface area (Å²) >= 11 is 1.90. The minimum atomic E-state index is 0.233. The summed E-state index contributed by atoms with van der Waals surface area (Å²) in [4.78, 5) is 28.7. The quantitative estimate of drug-likeness (QED) is 0.809. The lowest BCUT2D eigenvalue weighted by atomic mass is 9.73.